The van der Waals surface area contributed by atoms with Gasteiger partial charge in [-0.05, 0) is 32.9 Å². The summed E-state index contributed by atoms with van der Waals surface area (Å²) in [5.41, 5.74) is 0.541. The van der Waals surface area contributed by atoms with Crippen molar-refractivity contribution in [1.82, 2.24) is 4.90 Å². The van der Waals surface area contributed by atoms with Gasteiger partial charge in [0.1, 0.15) is 0 Å². The fourth-order valence-electron chi connectivity index (χ4n) is 1.72. The quantitative estimate of drug-likeness (QED) is 0.674. The Hall–Kier alpha value is -0.830. The monoisotopic (exact) mass is 183 g/mol. The molecule has 0 saturated carbocycles. The minimum Gasteiger partial charge on any atom is -0.478 e. The number of rotatable bonds is 3. The number of carboxylic acids is 1. The topological polar surface area (TPSA) is 40.5 Å². The van der Waals surface area contributed by atoms with Gasteiger partial charge < -0.3 is 5.11 Å². The number of hydrogen-bond acceptors (Lipinski definition) is 2. The lowest BCUT2D eigenvalue weighted by atomic mass is 10.1. The average Bonchev–Trinajstić information content (AvgIpc) is 2.46. The van der Waals surface area contributed by atoms with Crippen molar-refractivity contribution in [2.24, 2.45) is 0 Å². The summed E-state index contributed by atoms with van der Waals surface area (Å²) in [4.78, 5) is 12.9. The fourth-order valence-corrected chi connectivity index (χ4v) is 1.72. The normalized spacial score (nSPS) is 25.1. The molecule has 0 aromatic rings. The van der Waals surface area contributed by atoms with E-state index in [0.717, 1.165) is 13.0 Å². The van der Waals surface area contributed by atoms with Gasteiger partial charge in [-0.3, -0.25) is 4.90 Å². The number of likely N-dealkylation sites (tertiary alicyclic amines) is 1. The van der Waals surface area contributed by atoms with Crippen LogP contribution >= 0.6 is 0 Å². The van der Waals surface area contributed by atoms with Gasteiger partial charge >= 0.3 is 5.97 Å². The molecule has 0 aromatic heterocycles. The van der Waals surface area contributed by atoms with Crippen molar-refractivity contribution in [2.45, 2.75) is 32.2 Å². The summed E-state index contributed by atoms with van der Waals surface area (Å²) in [6.45, 7) is 2.96. The molecule has 0 bridgehead atoms. The van der Waals surface area contributed by atoms with Crippen molar-refractivity contribution in [3.8, 4) is 0 Å². The SMILES string of the molecule is CC/C(=C\[C@H]1CCCN1C)C(=O)O. The first-order valence-electron chi connectivity index (χ1n) is 4.79. The number of carboxylic acid groups (broad SMARTS) is 1. The number of hydrogen-bond donors (Lipinski definition) is 1. The maximum Gasteiger partial charge on any atom is 0.331 e. The summed E-state index contributed by atoms with van der Waals surface area (Å²) in [5, 5.41) is 8.83. The minimum atomic E-state index is -0.775. The van der Waals surface area contributed by atoms with Crippen LogP contribution in [0.5, 0.6) is 0 Å². The van der Waals surface area contributed by atoms with E-state index in [2.05, 4.69) is 4.90 Å². The summed E-state index contributed by atoms with van der Waals surface area (Å²) in [6, 6.07) is 0.339. The third-order valence-electron chi connectivity index (χ3n) is 2.63. The van der Waals surface area contributed by atoms with E-state index < -0.39 is 5.97 Å². The minimum absolute atomic E-state index is 0.339. The molecule has 0 aromatic carbocycles. The molecule has 1 aliphatic heterocycles. The molecule has 1 atom stereocenters. The van der Waals surface area contributed by atoms with Gasteiger partial charge in [-0.25, -0.2) is 4.79 Å². The standard InChI is InChI=1S/C10H17NO2/c1-3-8(10(12)13)7-9-5-4-6-11(9)2/h7,9H,3-6H2,1-2H3,(H,12,13)/b8-7+/t9-/m1/s1. The maximum atomic E-state index is 10.7. The highest BCUT2D eigenvalue weighted by atomic mass is 16.4. The van der Waals surface area contributed by atoms with Gasteiger partial charge in [-0.2, -0.15) is 0 Å². The first-order valence-corrected chi connectivity index (χ1v) is 4.79. The molecule has 3 heteroatoms. The molecule has 3 nitrogen and oxygen atoms in total. The lowest BCUT2D eigenvalue weighted by molar-refractivity contribution is -0.132. The van der Waals surface area contributed by atoms with E-state index in [1.165, 1.54) is 6.42 Å². The summed E-state index contributed by atoms with van der Waals surface area (Å²) in [6.07, 6.45) is 4.77. The molecule has 1 fully saturated rings. The van der Waals surface area contributed by atoms with E-state index in [4.69, 9.17) is 5.11 Å². The number of aliphatic carboxylic acids is 1. The molecular weight excluding hydrogens is 166 g/mol. The van der Waals surface area contributed by atoms with Gasteiger partial charge in [-0.1, -0.05) is 13.0 Å². The molecule has 1 heterocycles. The van der Waals surface area contributed by atoms with Gasteiger partial charge in [-0.15, -0.1) is 0 Å². The molecule has 1 aliphatic rings. The van der Waals surface area contributed by atoms with Crippen molar-refractivity contribution in [3.05, 3.63) is 11.6 Å². The molecule has 0 amide bonds. The Morgan fingerprint density at radius 1 is 1.69 bits per heavy atom. The zero-order chi connectivity index (χ0) is 9.84. The summed E-state index contributed by atoms with van der Waals surface area (Å²) < 4.78 is 0. The highest BCUT2D eigenvalue weighted by Gasteiger charge is 2.20. The van der Waals surface area contributed by atoms with E-state index in [1.54, 1.807) is 0 Å². The van der Waals surface area contributed by atoms with Crippen LogP contribution < -0.4 is 0 Å². The molecule has 0 aliphatic carbocycles. The predicted octanol–water partition coefficient (Wildman–Crippen LogP) is 1.50. The first kappa shape index (κ1) is 10.3. The summed E-state index contributed by atoms with van der Waals surface area (Å²) in [7, 11) is 2.04. The van der Waals surface area contributed by atoms with Crippen molar-refractivity contribution in [3.63, 3.8) is 0 Å². The van der Waals surface area contributed by atoms with Crippen LogP contribution in [-0.2, 0) is 4.79 Å². The van der Waals surface area contributed by atoms with Crippen LogP contribution in [0.25, 0.3) is 0 Å². The number of nitrogens with zero attached hydrogens (tertiary/aromatic N) is 1. The molecular formula is C10H17NO2. The zero-order valence-electron chi connectivity index (χ0n) is 8.29. The molecule has 1 N–H and O–H groups in total. The molecule has 0 spiro atoms. The van der Waals surface area contributed by atoms with Crippen LogP contribution in [-0.4, -0.2) is 35.6 Å². The van der Waals surface area contributed by atoms with E-state index in [9.17, 15) is 4.79 Å². The Morgan fingerprint density at radius 3 is 2.77 bits per heavy atom. The van der Waals surface area contributed by atoms with Crippen molar-refractivity contribution in [1.29, 1.82) is 0 Å². The van der Waals surface area contributed by atoms with Crippen LogP contribution in [0.2, 0.25) is 0 Å². The Morgan fingerprint density at radius 2 is 2.38 bits per heavy atom. The lowest BCUT2D eigenvalue weighted by Crippen LogP contribution is -2.23. The molecule has 74 valence electrons. The Balaban J connectivity index is 2.66. The van der Waals surface area contributed by atoms with Crippen LogP contribution in [0.3, 0.4) is 0 Å². The summed E-state index contributed by atoms with van der Waals surface area (Å²) in [5.74, 6) is -0.775. The van der Waals surface area contributed by atoms with Gasteiger partial charge in [0.25, 0.3) is 0 Å². The van der Waals surface area contributed by atoms with Gasteiger partial charge in [0.15, 0.2) is 0 Å². The van der Waals surface area contributed by atoms with Gasteiger partial charge in [0.2, 0.25) is 0 Å². The number of carbonyl (C=O) groups is 1. The van der Waals surface area contributed by atoms with E-state index in [0.29, 0.717) is 18.0 Å². The van der Waals surface area contributed by atoms with Crippen molar-refractivity contribution >= 4 is 5.97 Å². The van der Waals surface area contributed by atoms with Crippen molar-refractivity contribution in [2.75, 3.05) is 13.6 Å². The second kappa shape index (κ2) is 4.42. The molecule has 1 rings (SSSR count). The average molecular weight is 183 g/mol. The van der Waals surface area contributed by atoms with E-state index in [1.807, 2.05) is 20.0 Å². The van der Waals surface area contributed by atoms with Crippen LogP contribution in [0.1, 0.15) is 26.2 Å². The smallest absolute Gasteiger partial charge is 0.331 e. The zero-order valence-corrected chi connectivity index (χ0v) is 8.29. The molecule has 13 heavy (non-hydrogen) atoms. The van der Waals surface area contributed by atoms with E-state index >= 15 is 0 Å². The molecule has 0 radical (unpaired) electrons. The second-order valence-corrected chi connectivity index (χ2v) is 3.54. The van der Waals surface area contributed by atoms with Gasteiger partial charge in [0, 0.05) is 11.6 Å². The van der Waals surface area contributed by atoms with Crippen LogP contribution in [0, 0.1) is 0 Å². The lowest BCUT2D eigenvalue weighted by Gasteiger charge is -2.15. The third-order valence-corrected chi connectivity index (χ3v) is 2.63. The largest absolute Gasteiger partial charge is 0.478 e. The summed E-state index contributed by atoms with van der Waals surface area (Å²) >= 11 is 0. The van der Waals surface area contributed by atoms with Crippen LogP contribution in [0.4, 0.5) is 0 Å². The van der Waals surface area contributed by atoms with Gasteiger partial charge in [0.05, 0.1) is 0 Å². The third kappa shape index (κ3) is 2.56. The molecule has 0 unspecified atom stereocenters. The molecule has 1 saturated heterocycles. The maximum absolute atomic E-state index is 10.7. The van der Waals surface area contributed by atoms with Crippen LogP contribution in [0.15, 0.2) is 11.6 Å². The van der Waals surface area contributed by atoms with E-state index in [-0.39, 0.29) is 0 Å². The highest BCUT2D eigenvalue weighted by molar-refractivity contribution is 5.86. The second-order valence-electron chi connectivity index (χ2n) is 3.54. The Kier molecular flexibility index (Phi) is 3.48. The Bertz CT molecular complexity index is 223. The Labute approximate surface area is 79.0 Å². The fraction of sp³-hybridized carbons (Fsp3) is 0.700. The highest BCUT2D eigenvalue weighted by Crippen LogP contribution is 2.18. The van der Waals surface area contributed by atoms with Crippen molar-refractivity contribution < 1.29 is 9.90 Å². The first-order chi connectivity index (χ1) is 6.15. The predicted molar refractivity (Wildman–Crippen MR) is 51.7 cm³/mol. The number of likely N-dealkylation sites (N-methyl/N-ethyl adjacent to an activating group) is 1.